The maximum Gasteiger partial charge on any atom is 0.175 e. The normalized spacial score (nSPS) is 18.5. The average Bonchev–Trinajstić information content (AvgIpc) is 1.86. The van der Waals surface area contributed by atoms with Gasteiger partial charge in [-0.2, -0.15) is 0 Å². The van der Waals surface area contributed by atoms with Crippen LogP contribution in [0.5, 0.6) is 0 Å². The topological polar surface area (TPSA) is 21.3 Å². The molecule has 1 aliphatic heterocycles. The molecule has 0 amide bonds. The van der Waals surface area contributed by atoms with E-state index >= 15 is 0 Å². The number of nitrogens with one attached hydrogen (secondary N) is 1. The van der Waals surface area contributed by atoms with Crippen LogP contribution in [-0.2, 0) is 4.18 Å². The third kappa shape index (κ3) is 0.597. The van der Waals surface area contributed by atoms with E-state index in [0.29, 0.717) is 0 Å². The lowest BCUT2D eigenvalue weighted by atomic mass is 10.6. The summed E-state index contributed by atoms with van der Waals surface area (Å²) in [6.45, 7) is 3.54. The molecule has 6 heavy (non-hydrogen) atoms. The smallest absolute Gasteiger partial charge is 0.175 e. The zero-order valence-electron chi connectivity index (χ0n) is 3.10. The molecule has 1 heterocycles. The molecule has 0 bridgehead atoms. The van der Waals surface area contributed by atoms with Crippen molar-refractivity contribution in [1.82, 2.24) is 4.72 Å². The van der Waals surface area contributed by atoms with Gasteiger partial charge in [-0.1, -0.05) is 0 Å². The average molecular weight is 102 g/mol. The summed E-state index contributed by atoms with van der Waals surface area (Å²) in [6.07, 6.45) is 1.56. The predicted molar refractivity (Wildman–Crippen MR) is 25.3 cm³/mol. The van der Waals surface area contributed by atoms with Gasteiger partial charge in [0.05, 0.1) is 5.70 Å². The molecule has 1 N–H and O–H groups in total. The van der Waals surface area contributed by atoms with Gasteiger partial charge < -0.3 is 4.18 Å². The molecule has 0 saturated heterocycles. The van der Waals surface area contributed by atoms with Crippen LogP contribution >= 0.6 is 12.2 Å². The third-order valence-corrected chi connectivity index (χ3v) is 0.949. The second-order valence-electron chi connectivity index (χ2n) is 0.925. The molecule has 1 aliphatic rings. The van der Waals surface area contributed by atoms with E-state index < -0.39 is 0 Å². The highest BCUT2D eigenvalue weighted by atomic mass is 32.2. The molecule has 1 rings (SSSR count). The Morgan fingerprint density at radius 1 is 2.00 bits per heavy atom. The van der Waals surface area contributed by atoms with Crippen molar-refractivity contribution < 1.29 is 4.18 Å². The van der Waals surface area contributed by atoms with E-state index in [-0.39, 0.29) is 0 Å². The molecule has 1 radical (unpaired) electrons. The lowest BCUT2D eigenvalue weighted by Crippen LogP contribution is -1.89. The van der Waals surface area contributed by atoms with E-state index in [1.165, 1.54) is 12.2 Å². The van der Waals surface area contributed by atoms with Crippen LogP contribution < -0.4 is 4.72 Å². The fourth-order valence-corrected chi connectivity index (χ4v) is 0.551. The zero-order chi connectivity index (χ0) is 4.41. The fraction of sp³-hybridized carbons (Fsp3) is 0. The Morgan fingerprint density at radius 3 is 3.00 bits per heavy atom. The van der Waals surface area contributed by atoms with Gasteiger partial charge in [-0.3, -0.25) is 4.72 Å². The molecule has 0 aromatic heterocycles. The zero-order valence-corrected chi connectivity index (χ0v) is 3.92. The molecule has 2 nitrogen and oxygen atoms in total. The SMILES string of the molecule is [CH2]C1=COSN1. The molecular formula is C3H4NOS. The minimum absolute atomic E-state index is 0.819. The van der Waals surface area contributed by atoms with Crippen LogP contribution in [0.4, 0.5) is 0 Å². The van der Waals surface area contributed by atoms with Gasteiger partial charge in [0, 0.05) is 0 Å². The van der Waals surface area contributed by atoms with Crippen molar-refractivity contribution in [1.29, 1.82) is 0 Å². The number of rotatable bonds is 0. The first-order valence-corrected chi connectivity index (χ1v) is 2.24. The summed E-state index contributed by atoms with van der Waals surface area (Å²) >= 11 is 1.18. The minimum Gasteiger partial charge on any atom is -0.412 e. The van der Waals surface area contributed by atoms with E-state index in [0.717, 1.165) is 5.70 Å². The second-order valence-corrected chi connectivity index (χ2v) is 1.49. The summed E-state index contributed by atoms with van der Waals surface area (Å²) in [5.41, 5.74) is 0.819. The standard InChI is InChI=1S/C3H4NOS/c1-3-2-5-6-4-3/h2,4H,1H2. The van der Waals surface area contributed by atoms with Crippen molar-refractivity contribution in [2.24, 2.45) is 0 Å². The van der Waals surface area contributed by atoms with E-state index in [2.05, 4.69) is 15.8 Å². The summed E-state index contributed by atoms with van der Waals surface area (Å²) in [6, 6.07) is 0. The monoisotopic (exact) mass is 102 g/mol. The van der Waals surface area contributed by atoms with Crippen molar-refractivity contribution in [2.75, 3.05) is 0 Å². The molecule has 0 fully saturated rings. The fourth-order valence-electron chi connectivity index (χ4n) is 0.184. The lowest BCUT2D eigenvalue weighted by Gasteiger charge is -1.82. The van der Waals surface area contributed by atoms with Crippen LogP contribution in [0.25, 0.3) is 0 Å². The molecule has 0 aliphatic carbocycles. The molecule has 0 spiro atoms. The first-order valence-electron chi connectivity index (χ1n) is 1.50. The molecule has 0 aromatic carbocycles. The summed E-state index contributed by atoms with van der Waals surface area (Å²) in [5.74, 6) is 0. The van der Waals surface area contributed by atoms with Crippen LogP contribution in [0.15, 0.2) is 12.0 Å². The number of hydrogen-bond acceptors (Lipinski definition) is 3. The lowest BCUT2D eigenvalue weighted by molar-refractivity contribution is 0.576. The first-order chi connectivity index (χ1) is 2.89. The highest BCUT2D eigenvalue weighted by Gasteiger charge is 1.95. The van der Waals surface area contributed by atoms with E-state index in [9.17, 15) is 0 Å². The summed E-state index contributed by atoms with van der Waals surface area (Å²) in [5, 5.41) is 0. The first kappa shape index (κ1) is 3.87. The molecule has 33 valence electrons. The van der Waals surface area contributed by atoms with Crippen molar-refractivity contribution in [3.63, 3.8) is 0 Å². The highest BCUT2D eigenvalue weighted by Crippen LogP contribution is 2.09. The van der Waals surface area contributed by atoms with Crippen LogP contribution in [0.1, 0.15) is 0 Å². The largest absolute Gasteiger partial charge is 0.412 e. The van der Waals surface area contributed by atoms with Gasteiger partial charge in [0.1, 0.15) is 6.26 Å². The van der Waals surface area contributed by atoms with Crippen molar-refractivity contribution in [3.8, 4) is 0 Å². The highest BCUT2D eigenvalue weighted by molar-refractivity contribution is 7.93. The van der Waals surface area contributed by atoms with Crippen molar-refractivity contribution in [3.05, 3.63) is 18.9 Å². The Balaban J connectivity index is 2.45. The van der Waals surface area contributed by atoms with E-state index in [1.54, 1.807) is 6.26 Å². The third-order valence-electron chi connectivity index (χ3n) is 0.411. The predicted octanol–water partition coefficient (Wildman–Crippen LogP) is 0.845. The van der Waals surface area contributed by atoms with Crippen LogP contribution in [0.3, 0.4) is 0 Å². The maximum absolute atomic E-state index is 4.64. The Labute approximate surface area is 40.9 Å². The van der Waals surface area contributed by atoms with Gasteiger partial charge >= 0.3 is 0 Å². The summed E-state index contributed by atoms with van der Waals surface area (Å²) in [4.78, 5) is 0. The van der Waals surface area contributed by atoms with Gasteiger partial charge in [0.15, 0.2) is 12.2 Å². The second kappa shape index (κ2) is 1.43. The number of hydrogen-bond donors (Lipinski definition) is 1. The van der Waals surface area contributed by atoms with Gasteiger partial charge in [0.25, 0.3) is 0 Å². The van der Waals surface area contributed by atoms with E-state index in [4.69, 9.17) is 0 Å². The Hall–Kier alpha value is -0.310. The van der Waals surface area contributed by atoms with Gasteiger partial charge in [-0.25, -0.2) is 0 Å². The summed E-state index contributed by atoms with van der Waals surface area (Å²) in [7, 11) is 0. The van der Waals surface area contributed by atoms with Gasteiger partial charge in [-0.05, 0) is 6.92 Å². The quantitative estimate of drug-likeness (QED) is 0.362. The molecule has 3 heteroatoms. The molecule has 0 unspecified atom stereocenters. The molecular weight excluding hydrogens is 98.1 g/mol. The summed E-state index contributed by atoms with van der Waals surface area (Å²) < 4.78 is 7.40. The van der Waals surface area contributed by atoms with Crippen molar-refractivity contribution in [2.45, 2.75) is 0 Å². The Morgan fingerprint density at radius 2 is 2.83 bits per heavy atom. The Kier molecular flexibility index (Phi) is 0.919. The minimum atomic E-state index is 0.819. The van der Waals surface area contributed by atoms with Crippen LogP contribution in [0.2, 0.25) is 0 Å². The molecule has 0 atom stereocenters. The number of allylic oxidation sites excluding steroid dienone is 1. The van der Waals surface area contributed by atoms with E-state index in [1.807, 2.05) is 0 Å². The van der Waals surface area contributed by atoms with Crippen LogP contribution in [0, 0.1) is 6.92 Å². The molecule has 0 aromatic rings. The van der Waals surface area contributed by atoms with Gasteiger partial charge in [-0.15, -0.1) is 0 Å². The van der Waals surface area contributed by atoms with Crippen molar-refractivity contribution >= 4 is 12.2 Å². The van der Waals surface area contributed by atoms with Gasteiger partial charge in [0.2, 0.25) is 0 Å². The maximum atomic E-state index is 4.64. The molecule has 0 saturated carbocycles. The Bertz CT molecular complexity index is 80.9. The van der Waals surface area contributed by atoms with Crippen LogP contribution in [-0.4, -0.2) is 0 Å².